The fourth-order valence-electron chi connectivity index (χ4n) is 8.83. The van der Waals surface area contributed by atoms with Gasteiger partial charge in [-0.05, 0) is 118 Å². The van der Waals surface area contributed by atoms with Gasteiger partial charge >= 0.3 is 0 Å². The molecule has 4 aromatic carbocycles. The molecule has 0 amide bonds. The third-order valence-electron chi connectivity index (χ3n) is 12.1. The van der Waals surface area contributed by atoms with E-state index in [4.69, 9.17) is 0 Å². The van der Waals surface area contributed by atoms with E-state index in [2.05, 4.69) is 76.2 Å². The Labute approximate surface area is 339 Å². The molecule has 0 aromatic heterocycles. The van der Waals surface area contributed by atoms with E-state index in [1.165, 1.54) is 99.3 Å². The highest BCUT2D eigenvalue weighted by atomic mass is 16.3. The van der Waals surface area contributed by atoms with Crippen molar-refractivity contribution < 1.29 is 20.4 Å². The number of aryl methyl sites for hydroxylation is 4. The second-order valence-electron chi connectivity index (χ2n) is 17.0. The number of aromatic hydroxyl groups is 4. The number of benzene rings is 4. The van der Waals surface area contributed by atoms with Crippen LogP contribution in [-0.4, -0.2) is 20.4 Å². The Hall–Kier alpha value is -3.92. The van der Waals surface area contributed by atoms with Gasteiger partial charge < -0.3 is 20.4 Å². The lowest BCUT2D eigenvalue weighted by Crippen LogP contribution is -2.05. The third-order valence-corrected chi connectivity index (χ3v) is 12.1. The second kappa shape index (κ2) is 22.1. The van der Waals surface area contributed by atoms with E-state index in [1.54, 1.807) is 0 Å². The van der Waals surface area contributed by atoms with Crippen LogP contribution in [0.5, 0.6) is 23.0 Å². The van der Waals surface area contributed by atoms with Crippen molar-refractivity contribution in [2.24, 2.45) is 0 Å². The maximum absolute atomic E-state index is 12.1. The van der Waals surface area contributed by atoms with E-state index in [0.29, 0.717) is 25.7 Å². The Balaban J connectivity index is 1.69. The molecule has 1 aliphatic rings. The summed E-state index contributed by atoms with van der Waals surface area (Å²) in [7, 11) is 0. The van der Waals surface area contributed by atoms with Crippen molar-refractivity contribution in [3.8, 4) is 23.0 Å². The normalized spacial score (nSPS) is 12.6. The first kappa shape index (κ1) is 43.2. The summed E-state index contributed by atoms with van der Waals surface area (Å²) in [5.74, 6) is 1.03. The summed E-state index contributed by atoms with van der Waals surface area (Å²) in [5.41, 5.74) is 11.3. The van der Waals surface area contributed by atoms with Crippen molar-refractivity contribution in [3.05, 3.63) is 115 Å². The van der Waals surface area contributed by atoms with Gasteiger partial charge in [-0.2, -0.15) is 0 Å². The number of hydrogen-bond donors (Lipinski definition) is 4. The van der Waals surface area contributed by atoms with Crippen LogP contribution in [0.1, 0.15) is 197 Å². The van der Waals surface area contributed by atoms with Gasteiger partial charge in [-0.1, -0.05) is 153 Å². The van der Waals surface area contributed by atoms with E-state index in [-0.39, 0.29) is 23.0 Å². The number of phenolic OH excluding ortho intramolecular Hbond substituents is 4. The van der Waals surface area contributed by atoms with Crippen LogP contribution in [-0.2, 0) is 51.4 Å². The minimum Gasteiger partial charge on any atom is -0.507 e. The van der Waals surface area contributed by atoms with Crippen LogP contribution in [0.3, 0.4) is 0 Å². The molecule has 4 heteroatoms. The van der Waals surface area contributed by atoms with Crippen molar-refractivity contribution >= 4 is 0 Å². The van der Waals surface area contributed by atoms with Crippen LogP contribution < -0.4 is 0 Å². The Morgan fingerprint density at radius 3 is 0.625 bits per heavy atom. The smallest absolute Gasteiger partial charge is 0.122 e. The Morgan fingerprint density at radius 2 is 0.464 bits per heavy atom. The molecule has 8 bridgehead atoms. The van der Waals surface area contributed by atoms with E-state index < -0.39 is 0 Å². The first-order valence-electron chi connectivity index (χ1n) is 22.6. The molecule has 1 aliphatic carbocycles. The van der Waals surface area contributed by atoms with Crippen molar-refractivity contribution in [3.63, 3.8) is 0 Å². The molecule has 0 saturated heterocycles. The molecule has 4 aromatic rings. The number of unbranched alkanes of at least 4 members (excludes halogenated alkanes) is 12. The summed E-state index contributed by atoms with van der Waals surface area (Å²) >= 11 is 0. The largest absolute Gasteiger partial charge is 0.507 e. The molecule has 0 aliphatic heterocycles. The lowest BCUT2D eigenvalue weighted by Gasteiger charge is -2.20. The van der Waals surface area contributed by atoms with Crippen LogP contribution in [0.25, 0.3) is 0 Å². The molecule has 56 heavy (non-hydrogen) atoms. The lowest BCUT2D eigenvalue weighted by molar-refractivity contribution is 0.450. The van der Waals surface area contributed by atoms with Crippen molar-refractivity contribution in [1.29, 1.82) is 0 Å². The molecular weight excluding hydrogens is 689 g/mol. The first-order valence-corrected chi connectivity index (χ1v) is 22.6. The van der Waals surface area contributed by atoms with Crippen LogP contribution >= 0.6 is 0 Å². The van der Waals surface area contributed by atoms with Gasteiger partial charge in [0.1, 0.15) is 23.0 Å². The summed E-state index contributed by atoms with van der Waals surface area (Å²) in [6.45, 7) is 8.94. The van der Waals surface area contributed by atoms with E-state index >= 15 is 0 Å². The number of hydrogen-bond acceptors (Lipinski definition) is 4. The number of fused-ring (bicyclic) bond motifs is 8. The monoisotopic (exact) mass is 761 g/mol. The Bertz CT molecular complexity index is 1490. The summed E-state index contributed by atoms with van der Waals surface area (Å²) in [6, 6.07) is 17.2. The maximum atomic E-state index is 12.1. The third kappa shape index (κ3) is 12.0. The molecule has 0 atom stereocenters. The van der Waals surface area contributed by atoms with Gasteiger partial charge in [0.15, 0.2) is 0 Å². The summed E-state index contributed by atoms with van der Waals surface area (Å²) in [6.07, 6.45) is 23.9. The van der Waals surface area contributed by atoms with Crippen molar-refractivity contribution in [2.75, 3.05) is 0 Å². The van der Waals surface area contributed by atoms with E-state index in [9.17, 15) is 20.4 Å². The lowest BCUT2D eigenvalue weighted by atomic mass is 9.87. The zero-order valence-corrected chi connectivity index (χ0v) is 35.4. The SMILES string of the molecule is CCCCCCc1cc2c(O)c(c1)Cc1cc(CCCCCC)cc(c1O)Cc1cc(CCCCCC)cc(c1O)Cc1cc(CCCCCC)cc(c1O)C2. The zero-order chi connectivity index (χ0) is 39.9. The highest BCUT2D eigenvalue weighted by Crippen LogP contribution is 2.40. The highest BCUT2D eigenvalue weighted by molar-refractivity contribution is 5.57. The predicted molar refractivity (Wildman–Crippen MR) is 235 cm³/mol. The average molecular weight is 761 g/mol. The maximum Gasteiger partial charge on any atom is 0.122 e. The predicted octanol–water partition coefficient (Wildman–Crippen LogP) is 13.7. The highest BCUT2D eigenvalue weighted by Gasteiger charge is 2.22. The standard InChI is InChI=1S/C52H72O4/c1-5-9-13-17-21-37-25-41-33-43-27-38(22-18-14-10-6-2)29-45(50(43)54)35-47-31-40(24-20-16-12-8-4)32-48(52(47)56)36-46-30-39(23-19-15-11-7-3)28-44(51(46)55)34-42(26-37)49(41)53/h25-32,53-56H,5-24,33-36H2,1-4H3. The van der Waals surface area contributed by atoms with Crippen LogP contribution in [0.4, 0.5) is 0 Å². The van der Waals surface area contributed by atoms with Gasteiger partial charge in [0.2, 0.25) is 0 Å². The van der Waals surface area contributed by atoms with Crippen LogP contribution in [0.15, 0.2) is 48.5 Å². The van der Waals surface area contributed by atoms with Gasteiger partial charge in [0, 0.05) is 25.7 Å². The van der Waals surface area contributed by atoms with Gasteiger partial charge in [0.05, 0.1) is 0 Å². The quantitative estimate of drug-likeness (QED) is 0.0596. The van der Waals surface area contributed by atoms with Gasteiger partial charge in [-0.3, -0.25) is 0 Å². The summed E-state index contributed by atoms with van der Waals surface area (Å²) < 4.78 is 0. The number of rotatable bonds is 20. The molecule has 0 heterocycles. The fourth-order valence-corrected chi connectivity index (χ4v) is 8.83. The summed E-state index contributed by atoms with van der Waals surface area (Å²) in [5, 5.41) is 48.2. The van der Waals surface area contributed by atoms with Gasteiger partial charge in [-0.25, -0.2) is 0 Å². The molecule has 4 nitrogen and oxygen atoms in total. The molecule has 0 radical (unpaired) electrons. The molecule has 0 unspecified atom stereocenters. The Morgan fingerprint density at radius 1 is 0.286 bits per heavy atom. The van der Waals surface area contributed by atoms with Gasteiger partial charge in [-0.15, -0.1) is 0 Å². The first-order chi connectivity index (χ1) is 27.2. The molecule has 304 valence electrons. The molecule has 0 spiro atoms. The minimum atomic E-state index is 0.258. The molecule has 5 rings (SSSR count). The fraction of sp³-hybridized carbons (Fsp3) is 0.538. The van der Waals surface area contributed by atoms with Crippen molar-refractivity contribution in [1.82, 2.24) is 0 Å². The second-order valence-corrected chi connectivity index (χ2v) is 17.0. The minimum absolute atomic E-state index is 0.258. The Kier molecular flexibility index (Phi) is 17.1. The molecule has 0 fully saturated rings. The molecular formula is C52H72O4. The average Bonchev–Trinajstić information content (AvgIpc) is 3.18. The van der Waals surface area contributed by atoms with Crippen LogP contribution in [0, 0.1) is 0 Å². The van der Waals surface area contributed by atoms with Crippen molar-refractivity contribution in [2.45, 2.75) is 182 Å². The topological polar surface area (TPSA) is 80.9 Å². The van der Waals surface area contributed by atoms with E-state index in [1.807, 2.05) is 0 Å². The van der Waals surface area contributed by atoms with Crippen LogP contribution in [0.2, 0.25) is 0 Å². The number of phenols is 4. The molecule has 4 N–H and O–H groups in total. The summed E-state index contributed by atoms with van der Waals surface area (Å²) in [4.78, 5) is 0. The molecule has 0 saturated carbocycles. The zero-order valence-electron chi connectivity index (χ0n) is 35.4. The van der Waals surface area contributed by atoms with E-state index in [0.717, 1.165) is 95.9 Å². The van der Waals surface area contributed by atoms with Gasteiger partial charge in [0.25, 0.3) is 0 Å².